The Kier molecular flexibility index (Phi) is 3.50. The summed E-state index contributed by atoms with van der Waals surface area (Å²) >= 11 is 0. The summed E-state index contributed by atoms with van der Waals surface area (Å²) in [4.78, 5) is 6.41. The largest absolute Gasteiger partial charge is 0.335 e. The molecule has 0 bridgehead atoms. The third-order valence-electron chi connectivity index (χ3n) is 3.16. The van der Waals surface area contributed by atoms with Crippen molar-refractivity contribution in [1.82, 2.24) is 14.3 Å². The minimum atomic E-state index is -3.48. The van der Waals surface area contributed by atoms with Gasteiger partial charge in [-0.3, -0.25) is 0 Å². The van der Waals surface area contributed by atoms with Crippen molar-refractivity contribution >= 4 is 10.0 Å². The lowest BCUT2D eigenvalue weighted by atomic mass is 10.00. The highest BCUT2D eigenvalue weighted by molar-refractivity contribution is 7.89. The number of aromatic amines is 1. The lowest BCUT2D eigenvalue weighted by Gasteiger charge is -2.36. The fraction of sp³-hybridized carbons (Fsp3) is 0.700. The molecular weight excluding hydrogens is 240 g/mol. The molecule has 0 spiro atoms. The van der Waals surface area contributed by atoms with Gasteiger partial charge < -0.3 is 10.7 Å². The van der Waals surface area contributed by atoms with Gasteiger partial charge in [0.1, 0.15) is 0 Å². The van der Waals surface area contributed by atoms with Gasteiger partial charge in [-0.25, -0.2) is 13.4 Å². The first-order valence-corrected chi connectivity index (χ1v) is 7.23. The van der Waals surface area contributed by atoms with E-state index in [0.717, 1.165) is 19.3 Å². The molecule has 1 aromatic heterocycles. The van der Waals surface area contributed by atoms with Crippen LogP contribution in [0.5, 0.6) is 0 Å². The van der Waals surface area contributed by atoms with E-state index in [2.05, 4.69) is 9.97 Å². The molecule has 0 saturated carbocycles. The molecule has 0 amide bonds. The zero-order chi connectivity index (χ0) is 12.5. The highest BCUT2D eigenvalue weighted by atomic mass is 32.2. The van der Waals surface area contributed by atoms with Gasteiger partial charge in [0.2, 0.25) is 0 Å². The van der Waals surface area contributed by atoms with Crippen molar-refractivity contribution in [2.24, 2.45) is 5.73 Å². The van der Waals surface area contributed by atoms with Crippen LogP contribution in [-0.4, -0.2) is 41.3 Å². The van der Waals surface area contributed by atoms with Crippen molar-refractivity contribution in [2.45, 2.75) is 43.3 Å². The van der Waals surface area contributed by atoms with Crippen molar-refractivity contribution < 1.29 is 8.42 Å². The molecule has 1 saturated heterocycles. The second-order valence-corrected chi connectivity index (χ2v) is 6.31. The van der Waals surface area contributed by atoms with Crippen molar-refractivity contribution in [3.63, 3.8) is 0 Å². The van der Waals surface area contributed by atoms with Gasteiger partial charge >= 0.3 is 0 Å². The molecular formula is C10H18N4O2S. The zero-order valence-corrected chi connectivity index (χ0v) is 10.7. The summed E-state index contributed by atoms with van der Waals surface area (Å²) in [5, 5.41) is 0.144. The quantitative estimate of drug-likeness (QED) is 0.815. The fourth-order valence-electron chi connectivity index (χ4n) is 2.27. The maximum absolute atomic E-state index is 12.4. The molecule has 17 heavy (non-hydrogen) atoms. The number of nitrogens with two attached hydrogens (primary N) is 1. The molecule has 1 aromatic rings. The summed E-state index contributed by atoms with van der Waals surface area (Å²) in [6.45, 7) is 2.39. The normalized spacial score (nSPS) is 24.7. The number of hydrogen-bond acceptors (Lipinski definition) is 4. The molecule has 96 valence electrons. The summed E-state index contributed by atoms with van der Waals surface area (Å²) < 4.78 is 26.2. The van der Waals surface area contributed by atoms with Crippen LogP contribution in [0.1, 0.15) is 26.2 Å². The highest BCUT2D eigenvalue weighted by Gasteiger charge is 2.35. The van der Waals surface area contributed by atoms with Crippen LogP contribution >= 0.6 is 0 Å². The number of aromatic nitrogens is 2. The van der Waals surface area contributed by atoms with Gasteiger partial charge in [-0.05, 0) is 19.8 Å². The summed E-state index contributed by atoms with van der Waals surface area (Å²) in [6, 6.07) is -0.273. The van der Waals surface area contributed by atoms with Gasteiger partial charge in [-0.2, -0.15) is 4.31 Å². The van der Waals surface area contributed by atoms with Crippen molar-refractivity contribution in [1.29, 1.82) is 0 Å². The topological polar surface area (TPSA) is 92.1 Å². The summed E-state index contributed by atoms with van der Waals surface area (Å²) in [6.07, 6.45) is 5.45. The molecule has 7 heteroatoms. The van der Waals surface area contributed by atoms with Crippen LogP contribution in [-0.2, 0) is 10.0 Å². The van der Waals surface area contributed by atoms with E-state index in [-0.39, 0.29) is 17.1 Å². The predicted octanol–water partition coefficient (Wildman–Crippen LogP) is 0.300. The Balaban J connectivity index is 2.31. The van der Waals surface area contributed by atoms with Crippen LogP contribution in [0.3, 0.4) is 0 Å². The van der Waals surface area contributed by atoms with E-state index in [1.807, 2.05) is 6.92 Å². The lowest BCUT2D eigenvalue weighted by Crippen LogP contribution is -2.51. The summed E-state index contributed by atoms with van der Waals surface area (Å²) in [7, 11) is -3.48. The molecule has 3 N–H and O–H groups in total. The van der Waals surface area contributed by atoms with Crippen LogP contribution in [0.2, 0.25) is 0 Å². The second kappa shape index (κ2) is 4.75. The highest BCUT2D eigenvalue weighted by Crippen LogP contribution is 2.25. The summed E-state index contributed by atoms with van der Waals surface area (Å²) in [5.41, 5.74) is 5.88. The Morgan fingerprint density at radius 1 is 1.59 bits per heavy atom. The third-order valence-corrected chi connectivity index (χ3v) is 5.01. The van der Waals surface area contributed by atoms with E-state index in [4.69, 9.17) is 5.73 Å². The number of H-pyrrole nitrogens is 1. The number of imidazole rings is 1. The second-order valence-electron chi connectivity index (χ2n) is 4.45. The maximum atomic E-state index is 12.4. The average molecular weight is 258 g/mol. The minimum absolute atomic E-state index is 0.114. The van der Waals surface area contributed by atoms with Crippen molar-refractivity contribution in [3.05, 3.63) is 12.5 Å². The van der Waals surface area contributed by atoms with Gasteiger partial charge in [0.05, 0.1) is 12.5 Å². The Morgan fingerprint density at radius 3 is 2.94 bits per heavy atom. The van der Waals surface area contributed by atoms with Gasteiger partial charge in [0, 0.05) is 18.6 Å². The molecule has 2 atom stereocenters. The average Bonchev–Trinajstić information content (AvgIpc) is 2.83. The number of nitrogens with one attached hydrogen (secondary N) is 1. The Morgan fingerprint density at radius 2 is 2.35 bits per heavy atom. The molecule has 2 rings (SSSR count). The fourth-order valence-corrected chi connectivity index (χ4v) is 3.94. The first-order valence-electron chi connectivity index (χ1n) is 5.79. The van der Waals surface area contributed by atoms with Gasteiger partial charge in [0.25, 0.3) is 10.0 Å². The van der Waals surface area contributed by atoms with Crippen molar-refractivity contribution in [2.75, 3.05) is 6.54 Å². The van der Waals surface area contributed by atoms with E-state index < -0.39 is 10.0 Å². The Bertz CT molecular complexity index is 455. The van der Waals surface area contributed by atoms with Crippen LogP contribution in [0.25, 0.3) is 0 Å². The van der Waals surface area contributed by atoms with E-state index in [1.54, 1.807) is 0 Å². The van der Waals surface area contributed by atoms with E-state index >= 15 is 0 Å². The molecule has 2 unspecified atom stereocenters. The predicted molar refractivity (Wildman–Crippen MR) is 63.8 cm³/mol. The molecule has 0 aliphatic carbocycles. The smallest absolute Gasteiger partial charge is 0.260 e. The number of hydrogen-bond donors (Lipinski definition) is 2. The third kappa shape index (κ3) is 2.36. The Labute approximate surface area is 101 Å². The molecule has 1 fully saturated rings. The van der Waals surface area contributed by atoms with Gasteiger partial charge in [-0.1, -0.05) is 6.42 Å². The van der Waals surface area contributed by atoms with Crippen molar-refractivity contribution in [3.8, 4) is 0 Å². The molecule has 2 heterocycles. The maximum Gasteiger partial charge on any atom is 0.260 e. The zero-order valence-electron chi connectivity index (χ0n) is 9.83. The minimum Gasteiger partial charge on any atom is -0.335 e. The van der Waals surface area contributed by atoms with Crippen LogP contribution in [0.15, 0.2) is 17.6 Å². The molecule has 6 nitrogen and oxygen atoms in total. The molecule has 1 aliphatic rings. The van der Waals surface area contributed by atoms with Gasteiger partial charge in [-0.15, -0.1) is 0 Å². The number of nitrogens with zero attached hydrogens (tertiary/aromatic N) is 2. The van der Waals surface area contributed by atoms with Crippen LogP contribution < -0.4 is 5.73 Å². The first kappa shape index (κ1) is 12.5. The SMILES string of the molecule is CC(N)C1CCCCN1S(=O)(=O)c1cnc[nH]1. The number of sulfonamides is 1. The number of rotatable bonds is 3. The Hall–Kier alpha value is -0.920. The molecule has 1 aliphatic heterocycles. The standard InChI is InChI=1S/C10H18N4O2S/c1-8(11)9-4-2-3-5-14(9)17(15,16)10-6-12-7-13-10/h6-9H,2-5,11H2,1H3,(H,12,13). The van der Waals surface area contributed by atoms with Crippen LogP contribution in [0.4, 0.5) is 0 Å². The van der Waals surface area contributed by atoms with E-state index in [9.17, 15) is 8.42 Å². The van der Waals surface area contributed by atoms with Crippen LogP contribution in [0, 0.1) is 0 Å². The lowest BCUT2D eigenvalue weighted by molar-refractivity contribution is 0.227. The van der Waals surface area contributed by atoms with Gasteiger partial charge in [0.15, 0.2) is 5.03 Å². The number of piperidine rings is 1. The molecule has 0 aromatic carbocycles. The monoisotopic (exact) mass is 258 g/mol. The first-order chi connectivity index (χ1) is 8.03. The summed E-state index contributed by atoms with van der Waals surface area (Å²) in [5.74, 6) is 0. The molecule has 0 radical (unpaired) electrons. The van der Waals surface area contributed by atoms with E-state index in [0.29, 0.717) is 6.54 Å². The van der Waals surface area contributed by atoms with E-state index in [1.165, 1.54) is 16.8 Å².